The molecule has 0 spiro atoms. The number of amides is 1. The average Bonchev–Trinajstić information content (AvgIpc) is 2.41. The van der Waals surface area contributed by atoms with Crippen molar-refractivity contribution >= 4 is 21.8 Å². The van der Waals surface area contributed by atoms with E-state index in [0.29, 0.717) is 5.56 Å². The minimum absolute atomic E-state index is 0.194. The Labute approximate surface area is 119 Å². The van der Waals surface area contributed by atoms with Crippen LogP contribution in [0.5, 0.6) is 0 Å². The maximum Gasteiger partial charge on any atom is 0.253 e. The normalized spacial score (nSPS) is 9.47. The van der Waals surface area contributed by atoms with Gasteiger partial charge in [-0.25, -0.2) is 4.39 Å². The van der Waals surface area contributed by atoms with E-state index in [-0.39, 0.29) is 36.3 Å². The molecule has 0 aromatic heterocycles. The molecule has 0 saturated carbocycles. The van der Waals surface area contributed by atoms with Gasteiger partial charge in [-0.2, -0.15) is 10.5 Å². The molecule has 1 rings (SSSR count). The molecular weight excluding hydrogens is 313 g/mol. The summed E-state index contributed by atoms with van der Waals surface area (Å²) in [5.41, 5.74) is 0.323. The summed E-state index contributed by atoms with van der Waals surface area (Å²) in [6.45, 7) is 0.512. The summed E-state index contributed by atoms with van der Waals surface area (Å²) in [6, 6.07) is 7.88. The largest absolute Gasteiger partial charge is 0.337 e. The molecule has 0 bridgehead atoms. The Bertz CT molecular complexity index is 530. The maximum atomic E-state index is 13.1. The smallest absolute Gasteiger partial charge is 0.253 e. The molecule has 0 saturated heterocycles. The molecule has 4 nitrogen and oxygen atoms in total. The second-order valence-electron chi connectivity index (χ2n) is 3.74. The first-order chi connectivity index (χ1) is 9.10. The van der Waals surface area contributed by atoms with Gasteiger partial charge in [0, 0.05) is 18.7 Å². The van der Waals surface area contributed by atoms with Crippen molar-refractivity contribution in [2.24, 2.45) is 0 Å². The zero-order valence-corrected chi connectivity index (χ0v) is 11.7. The van der Waals surface area contributed by atoms with E-state index in [2.05, 4.69) is 15.9 Å². The summed E-state index contributed by atoms with van der Waals surface area (Å²) in [7, 11) is 0. The Balaban J connectivity index is 2.88. The molecule has 19 heavy (non-hydrogen) atoms. The van der Waals surface area contributed by atoms with E-state index in [1.165, 1.54) is 23.1 Å². The van der Waals surface area contributed by atoms with E-state index < -0.39 is 5.82 Å². The van der Waals surface area contributed by atoms with Gasteiger partial charge in [0.15, 0.2) is 0 Å². The van der Waals surface area contributed by atoms with Crippen molar-refractivity contribution in [3.8, 4) is 12.1 Å². The molecule has 0 atom stereocenters. The van der Waals surface area contributed by atoms with Gasteiger partial charge in [0.1, 0.15) is 5.82 Å². The predicted octanol–water partition coefficient (Wildman–Crippen LogP) is 2.86. The first kappa shape index (κ1) is 15.1. The van der Waals surface area contributed by atoms with Crippen LogP contribution >= 0.6 is 15.9 Å². The molecule has 0 N–H and O–H groups in total. The van der Waals surface area contributed by atoms with Crippen LogP contribution in [0.4, 0.5) is 4.39 Å². The fourth-order valence-corrected chi connectivity index (χ4v) is 1.88. The third kappa shape index (κ3) is 4.35. The Morgan fingerprint density at radius 1 is 1.26 bits per heavy atom. The number of hydrogen-bond donors (Lipinski definition) is 0. The van der Waals surface area contributed by atoms with E-state index in [4.69, 9.17) is 10.5 Å². The number of carbonyl (C=O) groups is 1. The number of benzene rings is 1. The van der Waals surface area contributed by atoms with Gasteiger partial charge in [0.2, 0.25) is 0 Å². The summed E-state index contributed by atoms with van der Waals surface area (Å²) in [6.07, 6.45) is 0.388. The fraction of sp³-hybridized carbons (Fsp3) is 0.308. The zero-order chi connectivity index (χ0) is 14.3. The minimum atomic E-state index is -0.447. The summed E-state index contributed by atoms with van der Waals surface area (Å²) < 4.78 is 13.3. The quantitative estimate of drug-likeness (QED) is 0.836. The van der Waals surface area contributed by atoms with E-state index in [1.807, 2.05) is 12.1 Å². The van der Waals surface area contributed by atoms with Crippen molar-refractivity contribution in [2.45, 2.75) is 12.8 Å². The van der Waals surface area contributed by atoms with Gasteiger partial charge in [-0.05, 0) is 34.1 Å². The Hall–Kier alpha value is -1.92. The summed E-state index contributed by atoms with van der Waals surface area (Å²) in [4.78, 5) is 13.6. The van der Waals surface area contributed by atoms with Gasteiger partial charge in [0.05, 0.1) is 29.5 Å². The number of carbonyl (C=O) groups excluding carboxylic acids is 1. The van der Waals surface area contributed by atoms with Crippen LogP contribution in [0.15, 0.2) is 22.7 Å². The number of nitrogens with zero attached hydrogens (tertiary/aromatic N) is 3. The van der Waals surface area contributed by atoms with Crippen LogP contribution in [0.3, 0.4) is 0 Å². The third-order valence-electron chi connectivity index (χ3n) is 2.44. The number of hydrogen-bond acceptors (Lipinski definition) is 3. The van der Waals surface area contributed by atoms with Crippen LogP contribution in [0.1, 0.15) is 23.2 Å². The lowest BCUT2D eigenvalue weighted by molar-refractivity contribution is 0.0762. The number of nitriles is 2. The first-order valence-electron chi connectivity index (χ1n) is 5.58. The van der Waals surface area contributed by atoms with Crippen molar-refractivity contribution in [1.29, 1.82) is 10.5 Å². The molecule has 0 aliphatic heterocycles. The van der Waals surface area contributed by atoms with Crippen molar-refractivity contribution in [3.63, 3.8) is 0 Å². The topological polar surface area (TPSA) is 67.9 Å². The van der Waals surface area contributed by atoms with Gasteiger partial charge < -0.3 is 4.90 Å². The fourth-order valence-electron chi connectivity index (χ4n) is 1.50. The zero-order valence-electron chi connectivity index (χ0n) is 10.1. The lowest BCUT2D eigenvalue weighted by Gasteiger charge is -2.20. The van der Waals surface area contributed by atoms with E-state index in [1.54, 1.807) is 0 Å². The SMILES string of the molecule is N#CCCN(CCC#N)C(=O)c1ccc(F)c(Br)c1. The monoisotopic (exact) mass is 323 g/mol. The van der Waals surface area contributed by atoms with Crippen LogP contribution < -0.4 is 0 Å². The minimum Gasteiger partial charge on any atom is -0.337 e. The molecule has 0 radical (unpaired) electrons. The summed E-state index contributed by atoms with van der Waals surface area (Å²) >= 11 is 3.02. The molecule has 0 heterocycles. The lowest BCUT2D eigenvalue weighted by atomic mass is 10.2. The van der Waals surface area contributed by atoms with E-state index in [0.717, 1.165) is 0 Å². The Morgan fingerprint density at radius 2 is 1.84 bits per heavy atom. The highest BCUT2D eigenvalue weighted by molar-refractivity contribution is 9.10. The highest BCUT2D eigenvalue weighted by Gasteiger charge is 2.16. The second kappa shape index (κ2) is 7.50. The van der Waals surface area contributed by atoms with Crippen LogP contribution in [-0.4, -0.2) is 23.9 Å². The molecule has 1 aromatic carbocycles. The summed E-state index contributed by atoms with van der Waals surface area (Å²) in [5.74, 6) is -0.761. The van der Waals surface area contributed by atoms with Crippen LogP contribution in [-0.2, 0) is 0 Å². The van der Waals surface area contributed by atoms with Crippen molar-refractivity contribution in [3.05, 3.63) is 34.1 Å². The van der Waals surface area contributed by atoms with Gasteiger partial charge >= 0.3 is 0 Å². The summed E-state index contributed by atoms with van der Waals surface area (Å²) in [5, 5.41) is 17.1. The molecule has 1 aromatic rings. The molecule has 0 unspecified atom stereocenters. The van der Waals surface area contributed by atoms with Gasteiger partial charge in [-0.15, -0.1) is 0 Å². The molecule has 0 aliphatic carbocycles. The predicted molar refractivity (Wildman–Crippen MR) is 70.5 cm³/mol. The molecular formula is C13H11BrFN3O. The molecule has 6 heteroatoms. The highest BCUT2D eigenvalue weighted by Crippen LogP contribution is 2.18. The second-order valence-corrected chi connectivity index (χ2v) is 4.59. The van der Waals surface area contributed by atoms with Crippen molar-refractivity contribution in [1.82, 2.24) is 4.90 Å². The maximum absolute atomic E-state index is 13.1. The van der Waals surface area contributed by atoms with E-state index in [9.17, 15) is 9.18 Å². The van der Waals surface area contributed by atoms with Crippen LogP contribution in [0.25, 0.3) is 0 Å². The molecule has 1 amide bonds. The first-order valence-corrected chi connectivity index (χ1v) is 6.37. The van der Waals surface area contributed by atoms with Crippen LogP contribution in [0.2, 0.25) is 0 Å². The number of halogens is 2. The van der Waals surface area contributed by atoms with Gasteiger partial charge in [-0.3, -0.25) is 4.79 Å². The van der Waals surface area contributed by atoms with Gasteiger partial charge in [-0.1, -0.05) is 0 Å². The average molecular weight is 324 g/mol. The molecule has 0 fully saturated rings. The number of rotatable bonds is 5. The Kier molecular flexibility index (Phi) is 5.98. The lowest BCUT2D eigenvalue weighted by Crippen LogP contribution is -2.32. The molecule has 98 valence electrons. The third-order valence-corrected chi connectivity index (χ3v) is 3.05. The Morgan fingerprint density at radius 3 is 2.32 bits per heavy atom. The van der Waals surface area contributed by atoms with Crippen molar-refractivity contribution in [2.75, 3.05) is 13.1 Å². The standard InChI is InChI=1S/C13H11BrFN3O/c14-11-9-10(3-4-12(11)15)13(19)18(7-1-5-16)8-2-6-17/h3-4,9H,1-2,7-8H2. The van der Waals surface area contributed by atoms with Gasteiger partial charge in [0.25, 0.3) is 5.91 Å². The highest BCUT2D eigenvalue weighted by atomic mass is 79.9. The molecule has 0 aliphatic rings. The van der Waals surface area contributed by atoms with Crippen molar-refractivity contribution < 1.29 is 9.18 Å². The van der Waals surface area contributed by atoms with E-state index >= 15 is 0 Å². The van der Waals surface area contributed by atoms with Crippen LogP contribution in [0, 0.1) is 28.5 Å².